The highest BCUT2D eigenvalue weighted by atomic mass is 35.5. The van der Waals surface area contributed by atoms with Crippen molar-refractivity contribution in [1.82, 2.24) is 20.9 Å². The van der Waals surface area contributed by atoms with Gasteiger partial charge >= 0.3 is 0 Å². The van der Waals surface area contributed by atoms with E-state index in [0.717, 1.165) is 45.4 Å². The normalized spacial score (nSPS) is 22.0. The Labute approximate surface area is 229 Å². The predicted octanol–water partition coefficient (Wildman–Crippen LogP) is 2.09. The quantitative estimate of drug-likeness (QED) is 0.339. The molecule has 0 spiro atoms. The largest absolute Gasteiger partial charge is 0.496 e. The first-order valence-electron chi connectivity index (χ1n) is 13.2. The number of nitrogens with two attached hydrogens (primary N) is 1. The van der Waals surface area contributed by atoms with Gasteiger partial charge in [-0.3, -0.25) is 14.5 Å². The Balaban J connectivity index is 1.21. The van der Waals surface area contributed by atoms with Gasteiger partial charge in [0.2, 0.25) is 5.91 Å². The third-order valence-electron chi connectivity index (χ3n) is 7.18. The second kappa shape index (κ2) is 13.8. The standard InChI is InChI=1S/C28H38ClN5O4/c1-37-26-15-24(30)23(29)14-22(26)27(35)33-16-21-18-34(11-12-38-21)17-20-8-9-31-25(13-20)28(36)32-10-7-19-5-3-2-4-6-19/h2-6,14-15,20-21,25,31H,7-13,16-18,30H2,1H3,(H,32,36)(H,33,35). The summed E-state index contributed by atoms with van der Waals surface area (Å²) in [6.45, 7) is 4.91. The van der Waals surface area contributed by atoms with Crippen LogP contribution in [0.5, 0.6) is 5.75 Å². The molecule has 206 valence electrons. The first-order chi connectivity index (χ1) is 18.4. The van der Waals surface area contributed by atoms with Crippen LogP contribution in [0.1, 0.15) is 28.8 Å². The maximum absolute atomic E-state index is 12.8. The number of benzene rings is 2. The number of amides is 2. The lowest BCUT2D eigenvalue weighted by Gasteiger charge is -2.37. The molecule has 2 fully saturated rings. The van der Waals surface area contributed by atoms with Crippen molar-refractivity contribution in [3.05, 3.63) is 58.6 Å². The van der Waals surface area contributed by atoms with E-state index in [4.69, 9.17) is 26.8 Å². The Bertz CT molecular complexity index is 1090. The van der Waals surface area contributed by atoms with Crippen LogP contribution in [0.3, 0.4) is 0 Å². The fourth-order valence-electron chi connectivity index (χ4n) is 5.11. The molecular weight excluding hydrogens is 506 g/mol. The molecule has 0 radical (unpaired) electrons. The number of morpholine rings is 1. The number of nitrogens with one attached hydrogen (secondary N) is 3. The number of anilines is 1. The number of nitrogens with zero attached hydrogens (tertiary/aromatic N) is 1. The Morgan fingerprint density at radius 1 is 1.24 bits per heavy atom. The second-order valence-corrected chi connectivity index (χ2v) is 10.4. The van der Waals surface area contributed by atoms with Crippen LogP contribution in [0.4, 0.5) is 5.69 Å². The van der Waals surface area contributed by atoms with Crippen LogP contribution >= 0.6 is 11.6 Å². The molecule has 2 heterocycles. The average Bonchev–Trinajstić information content (AvgIpc) is 2.94. The Kier molecular flexibility index (Phi) is 10.2. The van der Waals surface area contributed by atoms with Gasteiger partial charge < -0.3 is 31.2 Å². The third-order valence-corrected chi connectivity index (χ3v) is 7.50. The first kappa shape index (κ1) is 28.2. The molecule has 0 aromatic heterocycles. The van der Waals surface area contributed by atoms with E-state index in [1.54, 1.807) is 6.07 Å². The maximum Gasteiger partial charge on any atom is 0.255 e. The smallest absolute Gasteiger partial charge is 0.255 e. The minimum absolute atomic E-state index is 0.0754. The van der Waals surface area contributed by atoms with Gasteiger partial charge in [-0.15, -0.1) is 0 Å². The van der Waals surface area contributed by atoms with Crippen LogP contribution in [0.2, 0.25) is 5.02 Å². The summed E-state index contributed by atoms with van der Waals surface area (Å²) in [5.74, 6) is 0.589. The van der Waals surface area contributed by atoms with E-state index < -0.39 is 0 Å². The molecule has 2 aromatic rings. The van der Waals surface area contributed by atoms with Crippen molar-refractivity contribution in [2.24, 2.45) is 5.92 Å². The van der Waals surface area contributed by atoms with Gasteiger partial charge in [0.25, 0.3) is 5.91 Å². The molecule has 38 heavy (non-hydrogen) atoms. The minimum atomic E-state index is -0.288. The molecule has 4 rings (SSSR count). The molecule has 0 aliphatic carbocycles. The zero-order valence-corrected chi connectivity index (χ0v) is 22.6. The molecule has 0 bridgehead atoms. The van der Waals surface area contributed by atoms with Crippen LogP contribution in [0, 0.1) is 5.92 Å². The summed E-state index contributed by atoms with van der Waals surface area (Å²) >= 11 is 6.11. The molecule has 2 amide bonds. The van der Waals surface area contributed by atoms with E-state index in [1.165, 1.54) is 18.7 Å². The van der Waals surface area contributed by atoms with Crippen molar-refractivity contribution in [2.75, 3.05) is 58.7 Å². The highest BCUT2D eigenvalue weighted by Crippen LogP contribution is 2.28. The topological polar surface area (TPSA) is 118 Å². The number of halogens is 1. The Morgan fingerprint density at radius 3 is 2.84 bits per heavy atom. The maximum atomic E-state index is 12.8. The highest BCUT2D eigenvalue weighted by Gasteiger charge is 2.30. The fraction of sp³-hybridized carbons (Fsp3) is 0.500. The number of hydrogen-bond donors (Lipinski definition) is 4. The lowest BCUT2D eigenvalue weighted by molar-refractivity contribution is -0.124. The van der Waals surface area contributed by atoms with Crippen LogP contribution in [-0.4, -0.2) is 81.8 Å². The molecule has 9 nitrogen and oxygen atoms in total. The molecule has 5 N–H and O–H groups in total. The summed E-state index contributed by atoms with van der Waals surface area (Å²) in [5.41, 5.74) is 7.73. The van der Waals surface area contributed by atoms with E-state index >= 15 is 0 Å². The number of carbonyl (C=O) groups is 2. The fourth-order valence-corrected chi connectivity index (χ4v) is 5.28. The van der Waals surface area contributed by atoms with Crippen molar-refractivity contribution in [2.45, 2.75) is 31.4 Å². The van der Waals surface area contributed by atoms with Gasteiger partial charge in [0.1, 0.15) is 5.75 Å². The van der Waals surface area contributed by atoms with Gasteiger partial charge in [0.15, 0.2) is 0 Å². The molecule has 0 saturated carbocycles. The van der Waals surface area contributed by atoms with E-state index in [1.807, 2.05) is 18.2 Å². The lowest BCUT2D eigenvalue weighted by atomic mass is 9.91. The molecule has 2 saturated heterocycles. The predicted molar refractivity (Wildman–Crippen MR) is 149 cm³/mol. The molecule has 10 heteroatoms. The number of piperidine rings is 1. The monoisotopic (exact) mass is 543 g/mol. The third kappa shape index (κ3) is 7.83. The lowest BCUT2D eigenvalue weighted by Crippen LogP contribution is -2.52. The van der Waals surface area contributed by atoms with Gasteiger partial charge in [0, 0.05) is 38.8 Å². The Morgan fingerprint density at radius 2 is 2.05 bits per heavy atom. The van der Waals surface area contributed by atoms with E-state index in [-0.39, 0.29) is 24.0 Å². The second-order valence-electron chi connectivity index (χ2n) is 9.96. The molecular formula is C28H38ClN5O4. The van der Waals surface area contributed by atoms with Gasteiger partial charge in [0.05, 0.1) is 42.1 Å². The molecule has 3 unspecified atom stereocenters. The number of nitrogen functional groups attached to an aromatic ring is 1. The van der Waals surface area contributed by atoms with Crippen molar-refractivity contribution in [3.8, 4) is 5.75 Å². The van der Waals surface area contributed by atoms with E-state index in [0.29, 0.717) is 47.6 Å². The summed E-state index contributed by atoms with van der Waals surface area (Å²) in [4.78, 5) is 27.9. The van der Waals surface area contributed by atoms with E-state index in [9.17, 15) is 9.59 Å². The number of rotatable bonds is 10. The summed E-state index contributed by atoms with van der Waals surface area (Å²) in [5, 5.41) is 9.71. The minimum Gasteiger partial charge on any atom is -0.496 e. The van der Waals surface area contributed by atoms with Crippen LogP contribution in [-0.2, 0) is 16.0 Å². The number of carbonyl (C=O) groups excluding carboxylic acids is 2. The summed E-state index contributed by atoms with van der Waals surface area (Å²) < 4.78 is 11.2. The van der Waals surface area contributed by atoms with Gasteiger partial charge in [-0.25, -0.2) is 0 Å². The van der Waals surface area contributed by atoms with Crippen molar-refractivity contribution >= 4 is 29.1 Å². The van der Waals surface area contributed by atoms with Gasteiger partial charge in [-0.2, -0.15) is 0 Å². The summed E-state index contributed by atoms with van der Waals surface area (Å²) in [6, 6.07) is 13.1. The molecule has 3 atom stereocenters. The average molecular weight is 544 g/mol. The number of ether oxygens (including phenoxy) is 2. The summed E-state index contributed by atoms with van der Waals surface area (Å²) in [6.07, 6.45) is 2.55. The van der Waals surface area contributed by atoms with Gasteiger partial charge in [-0.1, -0.05) is 41.9 Å². The number of methoxy groups -OCH3 is 1. The zero-order valence-electron chi connectivity index (χ0n) is 21.9. The first-order valence-corrected chi connectivity index (χ1v) is 13.6. The van der Waals surface area contributed by atoms with Crippen LogP contribution < -0.4 is 26.4 Å². The van der Waals surface area contributed by atoms with Gasteiger partial charge in [-0.05, 0) is 43.4 Å². The summed E-state index contributed by atoms with van der Waals surface area (Å²) in [7, 11) is 1.49. The van der Waals surface area contributed by atoms with Crippen LogP contribution in [0.25, 0.3) is 0 Å². The van der Waals surface area contributed by atoms with E-state index in [2.05, 4.69) is 33.0 Å². The van der Waals surface area contributed by atoms with Crippen molar-refractivity contribution < 1.29 is 19.1 Å². The molecule has 2 aliphatic heterocycles. The highest BCUT2D eigenvalue weighted by molar-refractivity contribution is 6.33. The molecule has 2 aromatic carbocycles. The SMILES string of the molecule is COc1cc(N)c(Cl)cc1C(=O)NCC1CN(CC2CCNC(C(=O)NCCc3ccccc3)C2)CCO1. The molecule has 2 aliphatic rings. The number of hydrogen-bond acceptors (Lipinski definition) is 7. The Hall–Kier alpha value is -2.85. The van der Waals surface area contributed by atoms with Crippen molar-refractivity contribution in [3.63, 3.8) is 0 Å². The zero-order chi connectivity index (χ0) is 26.9. The van der Waals surface area contributed by atoms with Crippen LogP contribution in [0.15, 0.2) is 42.5 Å². The van der Waals surface area contributed by atoms with Crippen molar-refractivity contribution in [1.29, 1.82) is 0 Å².